The van der Waals surface area contributed by atoms with E-state index >= 15 is 0 Å². The van der Waals surface area contributed by atoms with Crippen LogP contribution < -0.4 is 0 Å². The molecular weight excluding hydrogens is 230 g/mol. The quantitative estimate of drug-likeness (QED) is 0.824. The second kappa shape index (κ2) is 5.79. The summed E-state index contributed by atoms with van der Waals surface area (Å²) in [6.07, 6.45) is 0.881. The standard InChI is InChI=1S/C10H15NO4S/c1-7(2)3-4-16(14)6-8-5-9(10(12)13)11-15-8/h5,7H,3-4,6H2,1-2H3,(H,12,13). The molecule has 0 saturated heterocycles. The minimum Gasteiger partial charge on any atom is -0.476 e. The summed E-state index contributed by atoms with van der Waals surface area (Å²) < 4.78 is 16.4. The molecule has 1 aromatic rings. The van der Waals surface area contributed by atoms with Crippen LogP contribution in [-0.4, -0.2) is 26.2 Å². The number of aromatic nitrogens is 1. The van der Waals surface area contributed by atoms with E-state index in [0.29, 0.717) is 17.4 Å². The predicted octanol–water partition coefficient (Wildman–Crippen LogP) is 1.67. The zero-order valence-corrected chi connectivity index (χ0v) is 10.1. The molecule has 0 saturated carbocycles. The van der Waals surface area contributed by atoms with Gasteiger partial charge in [-0.25, -0.2) is 4.79 Å². The molecule has 1 aromatic heterocycles. The zero-order valence-electron chi connectivity index (χ0n) is 9.30. The number of carboxylic acids is 1. The van der Waals surface area contributed by atoms with Gasteiger partial charge in [0.1, 0.15) is 5.76 Å². The number of hydrogen-bond donors (Lipinski definition) is 1. The van der Waals surface area contributed by atoms with Crippen molar-refractivity contribution in [3.8, 4) is 0 Å². The lowest BCUT2D eigenvalue weighted by molar-refractivity contribution is 0.0685. The largest absolute Gasteiger partial charge is 0.476 e. The highest BCUT2D eigenvalue weighted by atomic mass is 32.2. The normalized spacial score (nSPS) is 12.9. The Kier molecular flexibility index (Phi) is 4.67. The van der Waals surface area contributed by atoms with Gasteiger partial charge in [-0.05, 0) is 12.3 Å². The summed E-state index contributed by atoms with van der Waals surface area (Å²) in [4.78, 5) is 10.5. The highest BCUT2D eigenvalue weighted by Crippen LogP contribution is 2.09. The molecule has 0 aliphatic heterocycles. The van der Waals surface area contributed by atoms with Gasteiger partial charge in [0.05, 0.1) is 5.75 Å². The molecule has 1 N–H and O–H groups in total. The Morgan fingerprint density at radius 3 is 2.81 bits per heavy atom. The number of carbonyl (C=O) groups is 1. The summed E-state index contributed by atoms with van der Waals surface area (Å²) >= 11 is 0. The van der Waals surface area contributed by atoms with Crippen molar-refractivity contribution >= 4 is 16.8 Å². The van der Waals surface area contributed by atoms with Gasteiger partial charge in [0, 0.05) is 22.6 Å². The molecule has 5 nitrogen and oxygen atoms in total. The monoisotopic (exact) mass is 245 g/mol. The van der Waals surface area contributed by atoms with Crippen LogP contribution in [0.25, 0.3) is 0 Å². The van der Waals surface area contributed by atoms with Crippen LogP contribution in [0, 0.1) is 5.92 Å². The molecule has 1 rings (SSSR count). The Hall–Kier alpha value is -1.17. The van der Waals surface area contributed by atoms with Crippen molar-refractivity contribution in [3.63, 3.8) is 0 Å². The highest BCUT2D eigenvalue weighted by molar-refractivity contribution is 7.84. The minimum atomic E-state index is -1.14. The van der Waals surface area contributed by atoms with Crippen molar-refractivity contribution < 1.29 is 18.6 Å². The molecule has 0 aliphatic carbocycles. The number of nitrogens with zero attached hydrogens (tertiary/aromatic N) is 1. The lowest BCUT2D eigenvalue weighted by Crippen LogP contribution is -2.03. The van der Waals surface area contributed by atoms with Crippen LogP contribution in [0.15, 0.2) is 10.6 Å². The predicted molar refractivity (Wildman–Crippen MR) is 59.6 cm³/mol. The Bertz CT molecular complexity index is 386. The Morgan fingerprint density at radius 1 is 1.62 bits per heavy atom. The van der Waals surface area contributed by atoms with Gasteiger partial charge < -0.3 is 9.63 Å². The summed E-state index contributed by atoms with van der Waals surface area (Å²) in [7, 11) is -1.02. The van der Waals surface area contributed by atoms with Crippen LogP contribution >= 0.6 is 0 Å². The third-order valence-corrected chi connectivity index (χ3v) is 3.30. The third kappa shape index (κ3) is 4.14. The van der Waals surface area contributed by atoms with Gasteiger partial charge in [0.25, 0.3) is 0 Å². The van der Waals surface area contributed by atoms with Crippen molar-refractivity contribution in [1.82, 2.24) is 5.16 Å². The van der Waals surface area contributed by atoms with E-state index in [4.69, 9.17) is 9.63 Å². The van der Waals surface area contributed by atoms with E-state index in [9.17, 15) is 9.00 Å². The van der Waals surface area contributed by atoms with E-state index in [1.807, 2.05) is 0 Å². The summed E-state index contributed by atoms with van der Waals surface area (Å²) in [6, 6.07) is 1.32. The molecule has 0 aromatic carbocycles. The average molecular weight is 245 g/mol. The Labute approximate surface area is 96.3 Å². The van der Waals surface area contributed by atoms with Gasteiger partial charge in [-0.1, -0.05) is 19.0 Å². The molecule has 0 amide bonds. The van der Waals surface area contributed by atoms with E-state index in [0.717, 1.165) is 6.42 Å². The molecule has 0 bridgehead atoms. The fourth-order valence-corrected chi connectivity index (χ4v) is 2.41. The molecule has 1 atom stereocenters. The van der Waals surface area contributed by atoms with Crippen LogP contribution in [0.3, 0.4) is 0 Å². The first-order chi connectivity index (χ1) is 7.49. The van der Waals surface area contributed by atoms with Crippen molar-refractivity contribution in [2.24, 2.45) is 5.92 Å². The van der Waals surface area contributed by atoms with Crippen molar-refractivity contribution in [2.75, 3.05) is 5.75 Å². The smallest absolute Gasteiger partial charge is 0.358 e. The molecule has 90 valence electrons. The summed E-state index contributed by atoms with van der Waals surface area (Å²) in [5.41, 5.74) is -0.143. The summed E-state index contributed by atoms with van der Waals surface area (Å²) in [5.74, 6) is 0.559. The number of aromatic carboxylic acids is 1. The molecule has 0 fully saturated rings. The molecule has 1 unspecified atom stereocenters. The SMILES string of the molecule is CC(C)CCS(=O)Cc1cc(C(=O)O)no1. The van der Waals surface area contributed by atoms with Crippen molar-refractivity contribution in [2.45, 2.75) is 26.0 Å². The summed E-state index contributed by atoms with van der Waals surface area (Å²) in [6.45, 7) is 4.13. The number of rotatable bonds is 6. The van der Waals surface area contributed by atoms with E-state index < -0.39 is 16.8 Å². The maximum absolute atomic E-state index is 11.6. The lowest BCUT2D eigenvalue weighted by Gasteiger charge is -2.02. The number of hydrogen-bond acceptors (Lipinski definition) is 4. The van der Waals surface area contributed by atoms with Gasteiger partial charge in [0.2, 0.25) is 0 Å². The molecular formula is C10H15NO4S. The molecule has 0 spiro atoms. The Balaban J connectivity index is 2.46. The first-order valence-corrected chi connectivity index (χ1v) is 6.51. The van der Waals surface area contributed by atoms with Crippen molar-refractivity contribution in [1.29, 1.82) is 0 Å². The first-order valence-electron chi connectivity index (χ1n) is 5.03. The molecule has 1 heterocycles. The van der Waals surface area contributed by atoms with Gasteiger partial charge in [-0.2, -0.15) is 0 Å². The van der Waals surface area contributed by atoms with Crippen molar-refractivity contribution in [3.05, 3.63) is 17.5 Å². The van der Waals surface area contributed by atoms with Gasteiger partial charge in [-0.3, -0.25) is 4.21 Å². The zero-order chi connectivity index (χ0) is 12.1. The van der Waals surface area contributed by atoms with E-state index in [-0.39, 0.29) is 11.4 Å². The van der Waals surface area contributed by atoms with Crippen LogP contribution in [0.1, 0.15) is 36.5 Å². The topological polar surface area (TPSA) is 80.4 Å². The summed E-state index contributed by atoms with van der Waals surface area (Å²) in [5, 5.41) is 12.0. The van der Waals surface area contributed by atoms with Gasteiger partial charge in [-0.15, -0.1) is 0 Å². The van der Waals surface area contributed by atoms with Crippen LogP contribution in [0.5, 0.6) is 0 Å². The second-order valence-electron chi connectivity index (χ2n) is 3.95. The van der Waals surface area contributed by atoms with Gasteiger partial charge in [0.15, 0.2) is 5.69 Å². The Morgan fingerprint density at radius 2 is 2.31 bits per heavy atom. The minimum absolute atomic E-state index is 0.143. The van der Waals surface area contributed by atoms with Crippen LogP contribution in [-0.2, 0) is 16.6 Å². The van der Waals surface area contributed by atoms with Crippen LogP contribution in [0.4, 0.5) is 0 Å². The fraction of sp³-hybridized carbons (Fsp3) is 0.600. The number of carboxylic acid groups (broad SMARTS) is 1. The fourth-order valence-electron chi connectivity index (χ4n) is 1.08. The molecule has 0 aliphatic rings. The molecule has 0 radical (unpaired) electrons. The molecule has 6 heteroatoms. The lowest BCUT2D eigenvalue weighted by atomic mass is 10.2. The average Bonchev–Trinajstić information content (AvgIpc) is 2.63. The first kappa shape index (κ1) is 12.9. The maximum atomic E-state index is 11.6. The second-order valence-corrected chi connectivity index (χ2v) is 5.53. The van der Waals surface area contributed by atoms with Gasteiger partial charge >= 0.3 is 5.97 Å². The van der Waals surface area contributed by atoms with Crippen LogP contribution in [0.2, 0.25) is 0 Å². The van der Waals surface area contributed by atoms with E-state index in [1.165, 1.54) is 6.07 Å². The third-order valence-electron chi connectivity index (χ3n) is 2.00. The highest BCUT2D eigenvalue weighted by Gasteiger charge is 2.12. The van der Waals surface area contributed by atoms with E-state index in [2.05, 4.69) is 19.0 Å². The maximum Gasteiger partial charge on any atom is 0.358 e. The molecule has 16 heavy (non-hydrogen) atoms. The van der Waals surface area contributed by atoms with E-state index in [1.54, 1.807) is 0 Å².